The van der Waals surface area contributed by atoms with Gasteiger partial charge in [-0.2, -0.15) is 0 Å². The summed E-state index contributed by atoms with van der Waals surface area (Å²) < 4.78 is 4.75. The summed E-state index contributed by atoms with van der Waals surface area (Å²) in [5, 5.41) is 4.35. The predicted molar refractivity (Wildman–Crippen MR) is 81.6 cm³/mol. The van der Waals surface area contributed by atoms with Gasteiger partial charge < -0.3 is 10.1 Å². The molecule has 0 fully saturated rings. The fourth-order valence-corrected chi connectivity index (χ4v) is 2.26. The predicted octanol–water partition coefficient (Wildman–Crippen LogP) is 4.39. The lowest BCUT2D eigenvalue weighted by Gasteiger charge is -2.11. The molecule has 20 heavy (non-hydrogen) atoms. The number of methoxy groups -OCH3 is 1. The minimum atomic E-state index is -0.379. The lowest BCUT2D eigenvalue weighted by Crippen LogP contribution is -2.08. The molecule has 2 aromatic carbocycles. The van der Waals surface area contributed by atoms with E-state index in [0.717, 1.165) is 5.56 Å². The van der Waals surface area contributed by atoms with E-state index in [2.05, 4.69) is 5.32 Å². The van der Waals surface area contributed by atoms with Crippen LogP contribution in [0.2, 0.25) is 10.0 Å². The topological polar surface area (TPSA) is 38.3 Å². The second-order valence-corrected chi connectivity index (χ2v) is 4.97. The monoisotopic (exact) mass is 309 g/mol. The Labute approximate surface area is 127 Å². The van der Waals surface area contributed by atoms with E-state index in [-0.39, 0.29) is 5.97 Å². The minimum absolute atomic E-state index is 0.379. The van der Waals surface area contributed by atoms with Crippen molar-refractivity contribution in [1.82, 2.24) is 0 Å². The fourth-order valence-electron chi connectivity index (χ4n) is 1.78. The van der Waals surface area contributed by atoms with Crippen molar-refractivity contribution in [1.29, 1.82) is 0 Å². The zero-order valence-electron chi connectivity index (χ0n) is 10.8. The number of hydrogen-bond donors (Lipinski definition) is 1. The molecule has 2 aromatic rings. The number of anilines is 1. The third kappa shape index (κ3) is 3.44. The van der Waals surface area contributed by atoms with E-state index in [1.807, 2.05) is 18.2 Å². The van der Waals surface area contributed by atoms with Gasteiger partial charge in [-0.15, -0.1) is 0 Å². The molecule has 0 atom stereocenters. The van der Waals surface area contributed by atoms with Gasteiger partial charge in [0, 0.05) is 22.3 Å². The maximum Gasteiger partial charge on any atom is 0.339 e. The van der Waals surface area contributed by atoms with E-state index in [0.29, 0.717) is 27.8 Å². The molecule has 2 rings (SSSR count). The van der Waals surface area contributed by atoms with Crippen molar-refractivity contribution in [2.75, 3.05) is 12.4 Å². The van der Waals surface area contributed by atoms with Gasteiger partial charge in [-0.25, -0.2) is 4.79 Å². The van der Waals surface area contributed by atoms with Crippen LogP contribution in [0.3, 0.4) is 0 Å². The number of ether oxygens (including phenoxy) is 1. The zero-order valence-corrected chi connectivity index (χ0v) is 12.3. The van der Waals surface area contributed by atoms with Crippen LogP contribution in [-0.2, 0) is 11.3 Å². The first-order valence-electron chi connectivity index (χ1n) is 5.97. The molecule has 3 nitrogen and oxygen atoms in total. The lowest BCUT2D eigenvalue weighted by molar-refractivity contribution is 0.0602. The molecule has 0 saturated carbocycles. The molecule has 0 spiro atoms. The van der Waals surface area contributed by atoms with E-state index in [4.69, 9.17) is 27.9 Å². The van der Waals surface area contributed by atoms with Crippen molar-refractivity contribution in [2.45, 2.75) is 6.54 Å². The Balaban J connectivity index is 2.17. The molecule has 0 unspecified atom stereocenters. The average Bonchev–Trinajstić information content (AvgIpc) is 2.46. The van der Waals surface area contributed by atoms with Crippen LogP contribution < -0.4 is 5.32 Å². The highest BCUT2D eigenvalue weighted by molar-refractivity contribution is 6.35. The number of carbonyl (C=O) groups is 1. The molecule has 0 aliphatic carbocycles. The number of para-hydroxylation sites is 1. The highest BCUT2D eigenvalue weighted by atomic mass is 35.5. The molecule has 0 aromatic heterocycles. The van der Waals surface area contributed by atoms with Crippen molar-refractivity contribution in [3.63, 3.8) is 0 Å². The van der Waals surface area contributed by atoms with Crippen LogP contribution in [0.15, 0.2) is 42.5 Å². The molecule has 0 saturated heterocycles. The van der Waals surface area contributed by atoms with Crippen LogP contribution in [0.5, 0.6) is 0 Å². The maximum absolute atomic E-state index is 11.7. The van der Waals surface area contributed by atoms with E-state index < -0.39 is 0 Å². The number of carbonyl (C=O) groups excluding carboxylic acids is 1. The van der Waals surface area contributed by atoms with E-state index in [1.54, 1.807) is 24.3 Å². The first kappa shape index (κ1) is 14.7. The third-order valence-electron chi connectivity index (χ3n) is 2.82. The second-order valence-electron chi connectivity index (χ2n) is 4.13. The van der Waals surface area contributed by atoms with Gasteiger partial charge in [0.05, 0.1) is 12.7 Å². The van der Waals surface area contributed by atoms with Gasteiger partial charge in [0.1, 0.15) is 0 Å². The van der Waals surface area contributed by atoms with E-state index >= 15 is 0 Å². The quantitative estimate of drug-likeness (QED) is 0.851. The standard InChI is InChI=1S/C15H13Cl2NO2/c1-20-15(19)12-4-2-3-5-14(12)18-9-10-6-7-11(16)8-13(10)17/h2-8,18H,9H2,1H3. The minimum Gasteiger partial charge on any atom is -0.465 e. The smallest absolute Gasteiger partial charge is 0.339 e. The molecule has 0 radical (unpaired) electrons. The van der Waals surface area contributed by atoms with Crippen LogP contribution in [0, 0.1) is 0 Å². The molecule has 1 N–H and O–H groups in total. The van der Waals surface area contributed by atoms with E-state index in [1.165, 1.54) is 7.11 Å². The fraction of sp³-hybridized carbons (Fsp3) is 0.133. The molecule has 5 heteroatoms. The molecule has 0 amide bonds. The Hall–Kier alpha value is -1.71. The number of nitrogens with one attached hydrogen (secondary N) is 1. The largest absolute Gasteiger partial charge is 0.465 e. The zero-order chi connectivity index (χ0) is 14.5. The Bertz CT molecular complexity index is 629. The van der Waals surface area contributed by atoms with Crippen LogP contribution in [0.25, 0.3) is 0 Å². The van der Waals surface area contributed by atoms with Gasteiger partial charge in [0.15, 0.2) is 0 Å². The van der Waals surface area contributed by atoms with Crippen LogP contribution in [0.4, 0.5) is 5.69 Å². The van der Waals surface area contributed by atoms with Gasteiger partial charge >= 0.3 is 5.97 Å². The number of esters is 1. The summed E-state index contributed by atoms with van der Waals surface area (Å²) in [6, 6.07) is 12.5. The van der Waals surface area contributed by atoms with Crippen molar-refractivity contribution in [3.05, 3.63) is 63.6 Å². The Kier molecular flexibility index (Phi) is 4.88. The summed E-state index contributed by atoms with van der Waals surface area (Å²) >= 11 is 12.0. The van der Waals surface area contributed by atoms with Crippen LogP contribution in [-0.4, -0.2) is 13.1 Å². The van der Waals surface area contributed by atoms with Gasteiger partial charge in [-0.05, 0) is 29.8 Å². The molecule has 0 heterocycles. The Morgan fingerprint density at radius 3 is 2.65 bits per heavy atom. The number of halogens is 2. The molecular weight excluding hydrogens is 297 g/mol. The van der Waals surface area contributed by atoms with Crippen molar-refractivity contribution >= 4 is 34.9 Å². The first-order chi connectivity index (χ1) is 9.61. The number of rotatable bonds is 4. The maximum atomic E-state index is 11.7. The summed E-state index contributed by atoms with van der Waals surface area (Å²) in [7, 11) is 1.36. The molecule has 0 aliphatic rings. The molecule has 0 bridgehead atoms. The Morgan fingerprint density at radius 1 is 1.20 bits per heavy atom. The summed E-state index contributed by atoms with van der Waals surface area (Å²) in [5.41, 5.74) is 2.08. The summed E-state index contributed by atoms with van der Waals surface area (Å²) in [6.07, 6.45) is 0. The Morgan fingerprint density at radius 2 is 1.95 bits per heavy atom. The van der Waals surface area contributed by atoms with Crippen LogP contribution >= 0.6 is 23.2 Å². The summed E-state index contributed by atoms with van der Waals surface area (Å²) in [5.74, 6) is -0.379. The SMILES string of the molecule is COC(=O)c1ccccc1NCc1ccc(Cl)cc1Cl. The van der Waals surface area contributed by atoms with Gasteiger partial charge in [0.25, 0.3) is 0 Å². The highest BCUT2D eigenvalue weighted by Gasteiger charge is 2.11. The molecule has 104 valence electrons. The first-order valence-corrected chi connectivity index (χ1v) is 6.72. The van der Waals surface area contributed by atoms with Gasteiger partial charge in [-0.1, -0.05) is 41.4 Å². The highest BCUT2D eigenvalue weighted by Crippen LogP contribution is 2.23. The van der Waals surface area contributed by atoms with E-state index in [9.17, 15) is 4.79 Å². The summed E-state index contributed by atoms with van der Waals surface area (Å²) in [4.78, 5) is 11.7. The number of benzene rings is 2. The normalized spacial score (nSPS) is 10.2. The third-order valence-corrected chi connectivity index (χ3v) is 3.40. The molecule has 0 aliphatic heterocycles. The molecular formula is C15H13Cl2NO2. The lowest BCUT2D eigenvalue weighted by atomic mass is 10.1. The van der Waals surface area contributed by atoms with Crippen LogP contribution in [0.1, 0.15) is 15.9 Å². The second kappa shape index (κ2) is 6.64. The van der Waals surface area contributed by atoms with Crippen molar-refractivity contribution in [2.24, 2.45) is 0 Å². The van der Waals surface area contributed by atoms with Crippen molar-refractivity contribution < 1.29 is 9.53 Å². The average molecular weight is 310 g/mol. The summed E-state index contributed by atoms with van der Waals surface area (Å²) in [6.45, 7) is 0.490. The van der Waals surface area contributed by atoms with Crippen molar-refractivity contribution in [3.8, 4) is 0 Å². The van der Waals surface area contributed by atoms with Gasteiger partial charge in [-0.3, -0.25) is 0 Å². The van der Waals surface area contributed by atoms with Gasteiger partial charge in [0.2, 0.25) is 0 Å². The number of hydrogen-bond acceptors (Lipinski definition) is 3.